The normalized spacial score (nSPS) is 26.7. The highest BCUT2D eigenvalue weighted by atomic mass is 16.6. The first-order valence-corrected chi connectivity index (χ1v) is 4.63. The number of ether oxygens (including phenoxy) is 1. The Kier molecular flexibility index (Phi) is 2.74. The molecule has 0 radical (unpaired) electrons. The van der Waals surface area contributed by atoms with Crippen molar-refractivity contribution in [2.24, 2.45) is 5.92 Å². The zero-order valence-corrected chi connectivity index (χ0v) is 8.42. The van der Waals surface area contributed by atoms with Crippen LogP contribution in [0.1, 0.15) is 40.0 Å². The summed E-state index contributed by atoms with van der Waals surface area (Å²) in [6.45, 7) is 5.32. The Labute approximate surface area is 78.5 Å². The molecule has 0 aromatic heterocycles. The summed E-state index contributed by atoms with van der Waals surface area (Å²) in [5, 5.41) is 0. The summed E-state index contributed by atoms with van der Waals surface area (Å²) >= 11 is 0. The van der Waals surface area contributed by atoms with Gasteiger partial charge in [0.15, 0.2) is 0 Å². The summed E-state index contributed by atoms with van der Waals surface area (Å²) in [5.41, 5.74) is -0.471. The van der Waals surface area contributed by atoms with Crippen molar-refractivity contribution in [3.63, 3.8) is 0 Å². The predicted octanol–water partition coefficient (Wildman–Crippen LogP) is 1.70. The van der Waals surface area contributed by atoms with Gasteiger partial charge in [-0.05, 0) is 27.2 Å². The standard InChI is InChI=1S/C10H16O3/c1-7(11)6-8-4-5-9(12)13-10(8,2)3/h8H,4-6H2,1-3H3. The Bertz CT molecular complexity index is 230. The van der Waals surface area contributed by atoms with Gasteiger partial charge in [-0.25, -0.2) is 0 Å². The molecule has 1 saturated heterocycles. The van der Waals surface area contributed by atoms with Crippen LogP contribution in [-0.2, 0) is 14.3 Å². The van der Waals surface area contributed by atoms with E-state index in [1.165, 1.54) is 0 Å². The third-order valence-corrected chi connectivity index (χ3v) is 2.59. The van der Waals surface area contributed by atoms with Gasteiger partial charge in [0.1, 0.15) is 11.4 Å². The van der Waals surface area contributed by atoms with Gasteiger partial charge in [-0.1, -0.05) is 0 Å². The van der Waals surface area contributed by atoms with Crippen molar-refractivity contribution in [2.45, 2.75) is 45.6 Å². The summed E-state index contributed by atoms with van der Waals surface area (Å²) in [6.07, 6.45) is 1.73. The quantitative estimate of drug-likeness (QED) is 0.613. The van der Waals surface area contributed by atoms with Gasteiger partial charge in [0.05, 0.1) is 0 Å². The molecule has 13 heavy (non-hydrogen) atoms. The van der Waals surface area contributed by atoms with E-state index in [0.29, 0.717) is 12.8 Å². The van der Waals surface area contributed by atoms with Crippen LogP contribution in [0.5, 0.6) is 0 Å². The summed E-state index contributed by atoms with van der Waals surface area (Å²) in [5.74, 6) is 0.198. The molecule has 0 amide bonds. The van der Waals surface area contributed by atoms with E-state index in [-0.39, 0.29) is 17.7 Å². The van der Waals surface area contributed by atoms with Gasteiger partial charge in [0.2, 0.25) is 0 Å². The second kappa shape index (κ2) is 3.48. The van der Waals surface area contributed by atoms with Crippen molar-refractivity contribution < 1.29 is 14.3 Å². The molecule has 1 fully saturated rings. The van der Waals surface area contributed by atoms with E-state index in [2.05, 4.69) is 0 Å². The lowest BCUT2D eigenvalue weighted by Crippen LogP contribution is -2.41. The highest BCUT2D eigenvalue weighted by Crippen LogP contribution is 2.33. The number of ketones is 1. The Morgan fingerprint density at radius 1 is 1.62 bits per heavy atom. The largest absolute Gasteiger partial charge is 0.459 e. The van der Waals surface area contributed by atoms with Crippen molar-refractivity contribution >= 4 is 11.8 Å². The molecule has 1 aliphatic rings. The van der Waals surface area contributed by atoms with Crippen LogP contribution in [0, 0.1) is 5.92 Å². The van der Waals surface area contributed by atoms with Crippen LogP contribution in [0.2, 0.25) is 0 Å². The molecule has 1 heterocycles. The van der Waals surface area contributed by atoms with E-state index in [4.69, 9.17) is 4.74 Å². The minimum atomic E-state index is -0.471. The van der Waals surface area contributed by atoms with Gasteiger partial charge in [-0.3, -0.25) is 4.79 Å². The Morgan fingerprint density at radius 3 is 2.69 bits per heavy atom. The first kappa shape index (κ1) is 10.2. The maximum atomic E-state index is 11.0. The molecule has 0 aromatic carbocycles. The molecule has 1 rings (SSSR count). The third-order valence-electron chi connectivity index (χ3n) is 2.59. The number of carbonyl (C=O) groups excluding carboxylic acids is 2. The van der Waals surface area contributed by atoms with Crippen molar-refractivity contribution in [2.75, 3.05) is 0 Å². The smallest absolute Gasteiger partial charge is 0.306 e. The number of rotatable bonds is 2. The minimum Gasteiger partial charge on any atom is -0.459 e. The van der Waals surface area contributed by atoms with Crippen LogP contribution in [-0.4, -0.2) is 17.4 Å². The fraction of sp³-hybridized carbons (Fsp3) is 0.800. The molecular weight excluding hydrogens is 168 g/mol. The first-order chi connectivity index (χ1) is 5.92. The highest BCUT2D eigenvalue weighted by molar-refractivity contribution is 5.76. The van der Waals surface area contributed by atoms with Crippen LogP contribution in [0.25, 0.3) is 0 Å². The molecule has 0 bridgehead atoms. The summed E-state index contributed by atoms with van der Waals surface area (Å²) in [6, 6.07) is 0. The number of Topliss-reactive ketones (excluding diaryl/α,β-unsaturated/α-hetero) is 1. The van der Waals surface area contributed by atoms with E-state index in [1.54, 1.807) is 6.92 Å². The zero-order valence-electron chi connectivity index (χ0n) is 8.42. The number of hydrogen-bond donors (Lipinski definition) is 0. The molecular formula is C10H16O3. The second-order valence-corrected chi connectivity index (χ2v) is 4.22. The van der Waals surface area contributed by atoms with Crippen LogP contribution >= 0.6 is 0 Å². The molecule has 74 valence electrons. The van der Waals surface area contributed by atoms with E-state index < -0.39 is 5.60 Å². The molecule has 0 spiro atoms. The van der Waals surface area contributed by atoms with Gasteiger partial charge in [0, 0.05) is 18.8 Å². The molecule has 0 aliphatic carbocycles. The molecule has 3 nitrogen and oxygen atoms in total. The zero-order chi connectivity index (χ0) is 10.1. The van der Waals surface area contributed by atoms with Crippen molar-refractivity contribution in [3.8, 4) is 0 Å². The fourth-order valence-electron chi connectivity index (χ4n) is 1.76. The van der Waals surface area contributed by atoms with Crippen molar-refractivity contribution in [1.29, 1.82) is 0 Å². The molecule has 3 heteroatoms. The SMILES string of the molecule is CC(=O)CC1CCC(=O)OC1(C)C. The van der Waals surface area contributed by atoms with Gasteiger partial charge in [-0.2, -0.15) is 0 Å². The number of cyclic esters (lactones) is 1. The second-order valence-electron chi connectivity index (χ2n) is 4.22. The predicted molar refractivity (Wildman–Crippen MR) is 48.2 cm³/mol. The molecule has 1 atom stereocenters. The van der Waals surface area contributed by atoms with Crippen molar-refractivity contribution in [3.05, 3.63) is 0 Å². The van der Waals surface area contributed by atoms with Gasteiger partial charge < -0.3 is 9.53 Å². The van der Waals surface area contributed by atoms with Gasteiger partial charge in [-0.15, -0.1) is 0 Å². The monoisotopic (exact) mass is 184 g/mol. The van der Waals surface area contributed by atoms with E-state index in [9.17, 15) is 9.59 Å². The van der Waals surface area contributed by atoms with Crippen LogP contribution < -0.4 is 0 Å². The lowest BCUT2D eigenvalue weighted by atomic mass is 9.81. The lowest BCUT2D eigenvalue weighted by Gasteiger charge is -2.37. The van der Waals surface area contributed by atoms with Crippen LogP contribution in [0.4, 0.5) is 0 Å². The summed E-state index contributed by atoms with van der Waals surface area (Å²) in [4.78, 5) is 21.9. The average Bonchev–Trinajstić information content (AvgIpc) is 1.93. The molecule has 0 aromatic rings. The fourth-order valence-corrected chi connectivity index (χ4v) is 1.76. The first-order valence-electron chi connectivity index (χ1n) is 4.63. The average molecular weight is 184 g/mol. The van der Waals surface area contributed by atoms with E-state index >= 15 is 0 Å². The number of carbonyl (C=O) groups is 2. The third kappa shape index (κ3) is 2.54. The topological polar surface area (TPSA) is 43.4 Å². The molecule has 1 unspecified atom stereocenters. The minimum absolute atomic E-state index is 0.148. The number of esters is 1. The van der Waals surface area contributed by atoms with Gasteiger partial charge >= 0.3 is 5.97 Å². The molecule has 0 N–H and O–H groups in total. The van der Waals surface area contributed by atoms with Crippen LogP contribution in [0.15, 0.2) is 0 Å². The highest BCUT2D eigenvalue weighted by Gasteiger charge is 2.37. The molecule has 0 saturated carbocycles. The summed E-state index contributed by atoms with van der Waals surface area (Å²) < 4.78 is 5.20. The molecule has 1 aliphatic heterocycles. The Morgan fingerprint density at radius 2 is 2.23 bits per heavy atom. The van der Waals surface area contributed by atoms with Crippen LogP contribution in [0.3, 0.4) is 0 Å². The van der Waals surface area contributed by atoms with Gasteiger partial charge in [0.25, 0.3) is 0 Å². The maximum Gasteiger partial charge on any atom is 0.306 e. The summed E-state index contributed by atoms with van der Waals surface area (Å²) in [7, 11) is 0. The van der Waals surface area contributed by atoms with E-state index in [0.717, 1.165) is 6.42 Å². The lowest BCUT2D eigenvalue weighted by molar-refractivity contribution is -0.171. The van der Waals surface area contributed by atoms with E-state index in [1.807, 2.05) is 13.8 Å². The number of hydrogen-bond acceptors (Lipinski definition) is 3. The Hall–Kier alpha value is -0.860. The van der Waals surface area contributed by atoms with Crippen molar-refractivity contribution in [1.82, 2.24) is 0 Å². The Balaban J connectivity index is 2.64. The maximum absolute atomic E-state index is 11.0.